The Morgan fingerprint density at radius 3 is 2.09 bits per heavy atom. The lowest BCUT2D eigenvalue weighted by Gasteiger charge is -2.38. The van der Waals surface area contributed by atoms with Crippen molar-refractivity contribution in [2.24, 2.45) is 0 Å². The average Bonchev–Trinajstić information content (AvgIpc) is 3.94. The van der Waals surface area contributed by atoms with E-state index in [1.807, 2.05) is 63.8 Å². The fraction of sp³-hybridized carbons (Fsp3) is 0.659. The summed E-state index contributed by atoms with van der Waals surface area (Å²) in [4.78, 5) is 39.9. The second-order valence-electron chi connectivity index (χ2n) is 13.1. The summed E-state index contributed by atoms with van der Waals surface area (Å²) in [6.45, 7) is 17.5. The molecule has 1 saturated carbocycles. The maximum Gasteiger partial charge on any atom is 0.410 e. The molecule has 1 spiro atoms. The van der Waals surface area contributed by atoms with Gasteiger partial charge in [0.05, 0.1) is 87.7 Å². The molecule has 0 radical (unpaired) electrons. The van der Waals surface area contributed by atoms with Gasteiger partial charge in [-0.2, -0.15) is 0 Å². The van der Waals surface area contributed by atoms with Gasteiger partial charge in [-0.15, -0.1) is 0 Å². The van der Waals surface area contributed by atoms with Gasteiger partial charge in [0.1, 0.15) is 11.9 Å². The molecule has 0 atom stereocenters. The molecule has 0 bridgehead atoms. The van der Waals surface area contributed by atoms with Crippen molar-refractivity contribution in [1.29, 1.82) is 0 Å². The van der Waals surface area contributed by atoms with Crippen LogP contribution in [0.1, 0.15) is 84.5 Å². The van der Waals surface area contributed by atoms with Crippen LogP contribution in [-0.2, 0) is 51.7 Å². The zero-order chi connectivity index (χ0) is 39.5. The number of carbonyl (C=O) groups is 2. The number of nitrogens with zero attached hydrogens (tertiary/aromatic N) is 5. The Kier molecular flexibility index (Phi) is 19.1. The summed E-state index contributed by atoms with van der Waals surface area (Å²) < 4.78 is 35.3. The third-order valence-corrected chi connectivity index (χ3v) is 9.86. The third kappa shape index (κ3) is 12.3. The molecule has 1 saturated heterocycles. The minimum absolute atomic E-state index is 0.0295. The SMILES string of the molecule is CC.CC.CCOCCOCCOCCOCCOCCCCn1c(CN2C(=O)C3(CCN(C(=O)OC4CC4)CC3)c3ccncc32)nc2cc(Cl)ccc21. The van der Waals surface area contributed by atoms with Crippen LogP contribution in [0.5, 0.6) is 0 Å². The first-order valence-corrected chi connectivity index (χ1v) is 20.6. The molecule has 55 heavy (non-hydrogen) atoms. The monoisotopic (exact) mass is 787 g/mol. The maximum absolute atomic E-state index is 14.4. The summed E-state index contributed by atoms with van der Waals surface area (Å²) >= 11 is 6.36. The Hall–Kier alpha value is -3.33. The molecule has 13 nitrogen and oxygen atoms in total. The van der Waals surface area contributed by atoms with Crippen molar-refractivity contribution < 1.29 is 38.0 Å². The van der Waals surface area contributed by atoms with Crippen molar-refractivity contribution in [3.05, 3.63) is 53.1 Å². The third-order valence-electron chi connectivity index (χ3n) is 9.63. The molecule has 1 aliphatic carbocycles. The molecular formula is C41H62ClN5O8. The maximum atomic E-state index is 14.4. The number of amides is 2. The first kappa shape index (κ1) is 44.4. The Bertz CT molecular complexity index is 1590. The van der Waals surface area contributed by atoms with E-state index in [-0.39, 0.29) is 18.1 Å². The topological polar surface area (TPSA) is 127 Å². The second-order valence-corrected chi connectivity index (χ2v) is 13.5. The van der Waals surface area contributed by atoms with Gasteiger partial charge in [-0.3, -0.25) is 9.78 Å². The lowest BCUT2D eigenvalue weighted by atomic mass is 9.74. The van der Waals surface area contributed by atoms with Crippen LogP contribution < -0.4 is 4.90 Å². The van der Waals surface area contributed by atoms with Crippen molar-refractivity contribution >= 4 is 40.3 Å². The standard InChI is InChI=1S/C37H50ClN5O8.2C2H6/c1-2-46-17-18-48-21-22-50-24-23-49-20-19-47-16-4-3-13-42-32-8-5-28(38)25-31(32)40-34(42)27-43-33-26-39-12-9-30(33)37(35(43)44)10-14-41(15-11-37)36(45)51-29-6-7-29;2*1-2/h5,8-9,12,25-26,29H,2-4,6-7,10-11,13-24,27H2,1H3;2*1-2H3. The van der Waals surface area contributed by atoms with Crippen molar-refractivity contribution in [2.45, 2.75) is 97.8 Å². The molecule has 2 fully saturated rings. The zero-order valence-electron chi connectivity index (χ0n) is 33.6. The van der Waals surface area contributed by atoms with Crippen molar-refractivity contribution in [3.8, 4) is 0 Å². The molecule has 4 heterocycles. The summed E-state index contributed by atoms with van der Waals surface area (Å²) in [5, 5.41) is 0.612. The number of likely N-dealkylation sites (tertiary alicyclic amines) is 1. The van der Waals surface area contributed by atoms with Crippen LogP contribution in [0.4, 0.5) is 10.5 Å². The van der Waals surface area contributed by atoms with Crippen LogP contribution in [0.15, 0.2) is 36.7 Å². The van der Waals surface area contributed by atoms with E-state index in [1.165, 1.54) is 0 Å². The first-order chi connectivity index (χ1) is 27.0. The smallest absolute Gasteiger partial charge is 0.410 e. The Morgan fingerprint density at radius 1 is 0.855 bits per heavy atom. The number of anilines is 1. The number of imidazole rings is 1. The molecule has 14 heteroatoms. The van der Waals surface area contributed by atoms with Crippen LogP contribution in [0.25, 0.3) is 11.0 Å². The number of pyridine rings is 1. The van der Waals surface area contributed by atoms with E-state index in [1.54, 1.807) is 17.3 Å². The summed E-state index contributed by atoms with van der Waals surface area (Å²) in [6.07, 6.45) is 7.96. The molecule has 2 amide bonds. The number of unbranched alkanes of at least 4 members (excludes halogenated alkanes) is 1. The molecular weight excluding hydrogens is 726 g/mol. The molecule has 0 N–H and O–H groups in total. The minimum atomic E-state index is -0.707. The van der Waals surface area contributed by atoms with Gasteiger partial charge in [-0.25, -0.2) is 9.78 Å². The number of piperidine rings is 1. The highest BCUT2D eigenvalue weighted by molar-refractivity contribution is 6.31. The predicted octanol–water partition coefficient (Wildman–Crippen LogP) is 7.20. The Morgan fingerprint density at radius 2 is 1.47 bits per heavy atom. The summed E-state index contributed by atoms with van der Waals surface area (Å²) in [5.74, 6) is 0.813. The molecule has 306 valence electrons. The summed E-state index contributed by atoms with van der Waals surface area (Å²) in [5.41, 5.74) is 2.83. The number of hydrogen-bond acceptors (Lipinski definition) is 10. The highest BCUT2D eigenvalue weighted by Crippen LogP contribution is 2.48. The van der Waals surface area contributed by atoms with Crippen LogP contribution in [0, 0.1) is 0 Å². The van der Waals surface area contributed by atoms with Gasteiger partial charge in [0.15, 0.2) is 0 Å². The number of halogens is 1. The number of carbonyl (C=O) groups excluding carboxylic acids is 2. The number of aromatic nitrogens is 3. The lowest BCUT2D eigenvalue weighted by molar-refractivity contribution is -0.125. The quantitative estimate of drug-likeness (QED) is 0.102. The van der Waals surface area contributed by atoms with Gasteiger partial charge in [0.25, 0.3) is 0 Å². The number of fused-ring (bicyclic) bond motifs is 3. The van der Waals surface area contributed by atoms with E-state index in [2.05, 4.69) is 9.55 Å². The highest BCUT2D eigenvalue weighted by atomic mass is 35.5. The van der Waals surface area contributed by atoms with Crippen molar-refractivity contribution in [2.75, 3.05) is 84.1 Å². The lowest BCUT2D eigenvalue weighted by Crippen LogP contribution is -2.50. The van der Waals surface area contributed by atoms with Gasteiger partial charge in [0.2, 0.25) is 5.91 Å². The number of benzene rings is 1. The summed E-state index contributed by atoms with van der Waals surface area (Å²) in [6, 6.07) is 7.67. The molecule has 1 aromatic carbocycles. The van der Waals surface area contributed by atoms with Gasteiger partial charge in [0, 0.05) is 44.1 Å². The van der Waals surface area contributed by atoms with Gasteiger partial charge >= 0.3 is 6.09 Å². The largest absolute Gasteiger partial charge is 0.446 e. The fourth-order valence-electron chi connectivity index (χ4n) is 6.77. The first-order valence-electron chi connectivity index (χ1n) is 20.3. The van der Waals surface area contributed by atoms with E-state index < -0.39 is 5.41 Å². The normalized spacial score (nSPS) is 15.8. The van der Waals surface area contributed by atoms with E-state index in [4.69, 9.17) is 45.0 Å². The van der Waals surface area contributed by atoms with E-state index in [0.717, 1.165) is 53.8 Å². The zero-order valence-corrected chi connectivity index (χ0v) is 34.3. The Labute approximate surface area is 331 Å². The van der Waals surface area contributed by atoms with Crippen molar-refractivity contribution in [3.63, 3.8) is 0 Å². The molecule has 0 unspecified atom stereocenters. The van der Waals surface area contributed by atoms with Crippen molar-refractivity contribution in [1.82, 2.24) is 19.4 Å². The van der Waals surface area contributed by atoms with E-state index >= 15 is 0 Å². The molecule has 3 aromatic rings. The van der Waals surface area contributed by atoms with E-state index in [9.17, 15) is 9.59 Å². The van der Waals surface area contributed by atoms with E-state index in [0.29, 0.717) is 110 Å². The van der Waals surface area contributed by atoms with Gasteiger partial charge < -0.3 is 42.8 Å². The minimum Gasteiger partial charge on any atom is -0.446 e. The highest BCUT2D eigenvalue weighted by Gasteiger charge is 2.53. The fourth-order valence-corrected chi connectivity index (χ4v) is 6.93. The summed E-state index contributed by atoms with van der Waals surface area (Å²) in [7, 11) is 0. The number of rotatable bonds is 21. The van der Waals surface area contributed by atoms with Gasteiger partial charge in [-0.1, -0.05) is 39.3 Å². The van der Waals surface area contributed by atoms with Crippen LogP contribution in [0.3, 0.4) is 0 Å². The van der Waals surface area contributed by atoms with Gasteiger partial charge in [-0.05, 0) is 75.3 Å². The van der Waals surface area contributed by atoms with Crippen LogP contribution in [0.2, 0.25) is 5.02 Å². The molecule has 6 rings (SSSR count). The number of aryl methyl sites for hydroxylation is 1. The average molecular weight is 788 g/mol. The van der Waals surface area contributed by atoms with Crippen LogP contribution >= 0.6 is 11.6 Å². The van der Waals surface area contributed by atoms with Crippen LogP contribution in [-0.4, -0.2) is 117 Å². The number of hydrogen-bond donors (Lipinski definition) is 0. The molecule has 3 aliphatic rings. The molecule has 2 aliphatic heterocycles. The predicted molar refractivity (Wildman–Crippen MR) is 214 cm³/mol. The number of ether oxygens (including phenoxy) is 6. The molecule has 2 aromatic heterocycles. The second kappa shape index (κ2) is 23.7. The Balaban J connectivity index is 0.00000163.